The molecule has 2 aliphatic heterocycles. The summed E-state index contributed by atoms with van der Waals surface area (Å²) in [7, 11) is 0. The van der Waals surface area contributed by atoms with Crippen LogP contribution in [-0.2, 0) is 4.75 Å². The molecule has 0 saturated carbocycles. The number of carbonyl (C=O) groups is 1. The highest BCUT2D eigenvalue weighted by atomic mass is 35.5. The highest BCUT2D eigenvalue weighted by molar-refractivity contribution is 8.01. The highest BCUT2D eigenvalue weighted by Crippen LogP contribution is 2.61. The van der Waals surface area contributed by atoms with E-state index in [-0.39, 0.29) is 21.6 Å². The fraction of sp³-hybridized carbons (Fsp3) is 0.300. The first-order valence-electron chi connectivity index (χ1n) is 12.2. The molecule has 0 aliphatic carbocycles. The molecule has 0 aromatic heterocycles. The molecule has 3 aromatic rings. The standard InChI is InChI=1S/C28H26Cl2FNOS.C2H4/c29-24-12-9-20(18-25(24)30)27-22-4-1-2-5-23(22)28(34-27)13-16-32(17-14-28)15-3-6-26(33)19-7-10-21(31)11-8-19;1-2/h1-2,4-5,7-12,18,27H,3,6,13-17H2;1-2H2. The van der Waals surface area contributed by atoms with Gasteiger partial charge in [0.2, 0.25) is 0 Å². The average Bonchev–Trinajstić information content (AvgIpc) is 3.22. The van der Waals surface area contributed by atoms with Gasteiger partial charge >= 0.3 is 0 Å². The van der Waals surface area contributed by atoms with Gasteiger partial charge in [-0.3, -0.25) is 4.79 Å². The fourth-order valence-corrected chi connectivity index (χ4v) is 7.29. The lowest BCUT2D eigenvalue weighted by molar-refractivity contribution is 0.0971. The molecule has 0 N–H and O–H groups in total. The lowest BCUT2D eigenvalue weighted by Crippen LogP contribution is -2.40. The van der Waals surface area contributed by atoms with Crippen molar-refractivity contribution in [2.75, 3.05) is 19.6 Å². The number of Topliss-reactive ketones (excluding diaryl/α,β-unsaturated/α-hetero) is 1. The molecule has 1 spiro atoms. The van der Waals surface area contributed by atoms with Crippen LogP contribution in [0.2, 0.25) is 10.0 Å². The Labute approximate surface area is 227 Å². The molecule has 1 fully saturated rings. The van der Waals surface area contributed by atoms with E-state index in [2.05, 4.69) is 48.4 Å². The number of carbonyl (C=O) groups excluding carboxylic acids is 1. The summed E-state index contributed by atoms with van der Waals surface area (Å²) in [5.41, 5.74) is 4.61. The second kappa shape index (κ2) is 12.0. The Morgan fingerprint density at radius 2 is 1.69 bits per heavy atom. The quantitative estimate of drug-likeness (QED) is 0.230. The molecule has 6 heteroatoms. The van der Waals surface area contributed by atoms with Gasteiger partial charge in [0.25, 0.3) is 0 Å². The van der Waals surface area contributed by atoms with E-state index in [0.717, 1.165) is 38.9 Å². The van der Waals surface area contributed by atoms with Gasteiger partial charge in [0.15, 0.2) is 5.78 Å². The Morgan fingerprint density at radius 3 is 2.39 bits per heavy atom. The van der Waals surface area contributed by atoms with Crippen LogP contribution in [-0.4, -0.2) is 30.3 Å². The highest BCUT2D eigenvalue weighted by Gasteiger charge is 2.46. The average molecular weight is 543 g/mol. The van der Waals surface area contributed by atoms with E-state index >= 15 is 0 Å². The molecule has 2 aliphatic rings. The van der Waals surface area contributed by atoms with Crippen LogP contribution >= 0.6 is 35.0 Å². The largest absolute Gasteiger partial charge is 0.303 e. The molecule has 2 heterocycles. The van der Waals surface area contributed by atoms with E-state index < -0.39 is 0 Å². The number of fused-ring (bicyclic) bond motifs is 2. The van der Waals surface area contributed by atoms with E-state index in [1.807, 2.05) is 23.9 Å². The van der Waals surface area contributed by atoms with E-state index in [1.54, 1.807) is 12.1 Å². The number of nitrogens with zero attached hydrogens (tertiary/aromatic N) is 1. The van der Waals surface area contributed by atoms with Crippen molar-refractivity contribution in [2.24, 2.45) is 0 Å². The van der Waals surface area contributed by atoms with Crippen LogP contribution in [0.15, 0.2) is 79.9 Å². The van der Waals surface area contributed by atoms with Crippen molar-refractivity contribution >= 4 is 40.7 Å². The van der Waals surface area contributed by atoms with Crippen molar-refractivity contribution in [3.8, 4) is 0 Å². The maximum atomic E-state index is 13.1. The normalized spacial score (nSPS) is 18.4. The SMILES string of the molecule is C=C.O=C(CCCN1CCC2(CC1)SC(c1ccc(Cl)c(Cl)c1)c1ccccc12)c1ccc(F)cc1. The molecule has 5 rings (SSSR count). The van der Waals surface area contributed by atoms with Crippen molar-refractivity contribution in [3.05, 3.63) is 118 Å². The molecule has 1 atom stereocenters. The molecular formula is C30H30Cl2FNOS. The number of likely N-dealkylation sites (tertiary alicyclic amines) is 1. The van der Waals surface area contributed by atoms with Gasteiger partial charge in [0, 0.05) is 16.7 Å². The summed E-state index contributed by atoms with van der Waals surface area (Å²) < 4.78 is 13.2. The van der Waals surface area contributed by atoms with E-state index in [4.69, 9.17) is 23.2 Å². The molecule has 1 unspecified atom stereocenters. The van der Waals surface area contributed by atoms with Crippen molar-refractivity contribution in [1.29, 1.82) is 0 Å². The maximum absolute atomic E-state index is 13.1. The number of benzene rings is 3. The monoisotopic (exact) mass is 541 g/mol. The Kier molecular flexibility index (Phi) is 8.95. The Hall–Kier alpha value is -2.11. The zero-order valence-electron chi connectivity index (χ0n) is 20.2. The van der Waals surface area contributed by atoms with Crippen LogP contribution in [0.5, 0.6) is 0 Å². The minimum atomic E-state index is -0.313. The predicted octanol–water partition coefficient (Wildman–Crippen LogP) is 8.73. The van der Waals surface area contributed by atoms with E-state index in [9.17, 15) is 9.18 Å². The second-order valence-electron chi connectivity index (χ2n) is 9.13. The summed E-state index contributed by atoms with van der Waals surface area (Å²) in [6.07, 6.45) is 3.47. The second-order valence-corrected chi connectivity index (χ2v) is 11.4. The summed E-state index contributed by atoms with van der Waals surface area (Å²) in [6.45, 7) is 8.94. The molecule has 1 saturated heterocycles. The van der Waals surface area contributed by atoms with Crippen LogP contribution in [0.1, 0.15) is 58.0 Å². The molecule has 0 bridgehead atoms. The maximum Gasteiger partial charge on any atom is 0.162 e. The Morgan fingerprint density at radius 1 is 1.00 bits per heavy atom. The topological polar surface area (TPSA) is 20.3 Å². The number of hydrogen-bond acceptors (Lipinski definition) is 3. The lowest BCUT2D eigenvalue weighted by atomic mass is 9.84. The van der Waals surface area contributed by atoms with Crippen LogP contribution < -0.4 is 0 Å². The Bertz CT molecular complexity index is 1210. The van der Waals surface area contributed by atoms with E-state index in [1.165, 1.54) is 28.8 Å². The molecule has 3 aromatic carbocycles. The number of rotatable bonds is 6. The van der Waals surface area contributed by atoms with Crippen molar-refractivity contribution in [1.82, 2.24) is 4.90 Å². The van der Waals surface area contributed by atoms with Crippen molar-refractivity contribution in [2.45, 2.75) is 35.7 Å². The molecule has 0 radical (unpaired) electrons. The zero-order valence-corrected chi connectivity index (χ0v) is 22.5. The van der Waals surface area contributed by atoms with Crippen molar-refractivity contribution < 1.29 is 9.18 Å². The third-order valence-corrected chi connectivity index (χ3v) is 9.61. The molecule has 188 valence electrons. The van der Waals surface area contributed by atoms with Gasteiger partial charge in [-0.1, -0.05) is 53.5 Å². The predicted molar refractivity (Wildman–Crippen MR) is 151 cm³/mol. The molecule has 2 nitrogen and oxygen atoms in total. The van der Waals surface area contributed by atoms with Crippen LogP contribution in [0.3, 0.4) is 0 Å². The van der Waals surface area contributed by atoms with Crippen LogP contribution in [0.4, 0.5) is 4.39 Å². The van der Waals surface area contributed by atoms with Gasteiger partial charge in [-0.15, -0.1) is 24.9 Å². The molecule has 36 heavy (non-hydrogen) atoms. The van der Waals surface area contributed by atoms with Gasteiger partial charge in [-0.05, 0) is 92.0 Å². The summed E-state index contributed by atoms with van der Waals surface area (Å²) in [4.78, 5) is 14.9. The number of halogens is 3. The molecule has 0 amide bonds. The first-order valence-corrected chi connectivity index (χ1v) is 13.8. The number of thioether (sulfide) groups is 1. The summed E-state index contributed by atoms with van der Waals surface area (Å²) in [5.74, 6) is -0.232. The lowest BCUT2D eigenvalue weighted by Gasteiger charge is -2.39. The smallest absolute Gasteiger partial charge is 0.162 e. The fourth-order valence-electron chi connectivity index (χ4n) is 5.18. The van der Waals surface area contributed by atoms with Gasteiger partial charge < -0.3 is 4.90 Å². The van der Waals surface area contributed by atoms with Gasteiger partial charge in [0.05, 0.1) is 15.3 Å². The first-order chi connectivity index (χ1) is 17.4. The van der Waals surface area contributed by atoms with Gasteiger partial charge in [-0.25, -0.2) is 4.39 Å². The minimum absolute atomic E-state index is 0.0817. The van der Waals surface area contributed by atoms with Crippen molar-refractivity contribution in [3.63, 3.8) is 0 Å². The van der Waals surface area contributed by atoms with E-state index in [0.29, 0.717) is 22.0 Å². The van der Waals surface area contributed by atoms with Crippen LogP contribution in [0.25, 0.3) is 0 Å². The first kappa shape index (κ1) is 26.9. The number of hydrogen-bond donors (Lipinski definition) is 0. The third-order valence-electron chi connectivity index (χ3n) is 7.03. The van der Waals surface area contributed by atoms with Gasteiger partial charge in [-0.2, -0.15) is 0 Å². The van der Waals surface area contributed by atoms with Crippen LogP contribution in [0, 0.1) is 5.82 Å². The molecular weight excluding hydrogens is 512 g/mol. The minimum Gasteiger partial charge on any atom is -0.303 e. The number of piperidine rings is 1. The van der Waals surface area contributed by atoms with Gasteiger partial charge in [0.1, 0.15) is 5.82 Å². The third kappa shape index (κ3) is 5.73. The summed E-state index contributed by atoms with van der Waals surface area (Å²) >= 11 is 14.6. The summed E-state index contributed by atoms with van der Waals surface area (Å²) in [5, 5.41) is 1.44. The summed E-state index contributed by atoms with van der Waals surface area (Å²) in [6, 6.07) is 20.6. The zero-order chi connectivity index (χ0) is 25.7. The number of ketones is 1. The Balaban J connectivity index is 0.00000148.